The molecule has 3 N–H and O–H groups in total. The van der Waals surface area contributed by atoms with Crippen LogP contribution in [0.15, 0.2) is 24.3 Å². The number of nitrogens with two attached hydrogens (primary N) is 1. The number of carbonyl (C=O) groups is 1. The summed E-state index contributed by atoms with van der Waals surface area (Å²) >= 11 is 0. The Labute approximate surface area is 110 Å². The molecule has 4 nitrogen and oxygen atoms in total. The van der Waals surface area contributed by atoms with Gasteiger partial charge in [0.05, 0.1) is 0 Å². The van der Waals surface area contributed by atoms with Crippen molar-refractivity contribution in [1.82, 2.24) is 10.2 Å². The molecule has 1 fully saturated rings. The number of alkyl halides is 2. The quantitative estimate of drug-likeness (QED) is 0.859. The number of hydrogen-bond acceptors (Lipinski definition) is 3. The van der Waals surface area contributed by atoms with Gasteiger partial charge in [0.2, 0.25) is 5.91 Å². The number of nitrogens with zero attached hydrogens (tertiary/aromatic N) is 1. The first-order chi connectivity index (χ1) is 9.09. The number of carbonyl (C=O) groups excluding carboxylic acids is 1. The molecule has 19 heavy (non-hydrogen) atoms. The first kappa shape index (κ1) is 13.9. The highest BCUT2D eigenvalue weighted by Gasteiger charge is 2.26. The maximum Gasteiger partial charge on any atom is 0.263 e. The van der Waals surface area contributed by atoms with Gasteiger partial charge in [-0.05, 0) is 5.56 Å². The first-order valence-electron chi connectivity index (χ1n) is 6.21. The summed E-state index contributed by atoms with van der Waals surface area (Å²) in [7, 11) is 0. The zero-order valence-electron chi connectivity index (χ0n) is 10.5. The summed E-state index contributed by atoms with van der Waals surface area (Å²) in [5.74, 6) is -0.452. The third-order valence-electron chi connectivity index (χ3n) is 3.29. The Morgan fingerprint density at radius 3 is 2.16 bits per heavy atom. The fourth-order valence-electron chi connectivity index (χ4n) is 2.32. The van der Waals surface area contributed by atoms with Crippen molar-refractivity contribution in [3.63, 3.8) is 0 Å². The predicted molar refractivity (Wildman–Crippen MR) is 67.8 cm³/mol. The molecular weight excluding hydrogens is 252 g/mol. The van der Waals surface area contributed by atoms with Gasteiger partial charge < -0.3 is 11.1 Å². The smallest absolute Gasteiger partial charge is 0.263 e. The molecule has 1 heterocycles. The van der Waals surface area contributed by atoms with Gasteiger partial charge in [0.15, 0.2) is 0 Å². The van der Waals surface area contributed by atoms with Crippen LogP contribution in [0.5, 0.6) is 0 Å². The molecule has 0 radical (unpaired) electrons. The minimum atomic E-state index is -2.50. The van der Waals surface area contributed by atoms with Crippen molar-refractivity contribution in [2.75, 3.05) is 26.2 Å². The number of piperazine rings is 1. The molecule has 0 aromatic heterocycles. The molecule has 6 heteroatoms. The topological polar surface area (TPSA) is 58.4 Å². The summed E-state index contributed by atoms with van der Waals surface area (Å²) in [5, 5.41) is 3.19. The standard InChI is InChI=1S/C13H17F2N3O/c14-12(15)10-3-1-9(2-4-10)11(13(16)19)18-7-5-17-6-8-18/h1-4,11-12,17H,5-8H2,(H2,16,19). The number of benzene rings is 1. The summed E-state index contributed by atoms with van der Waals surface area (Å²) in [6, 6.07) is 5.25. The van der Waals surface area contributed by atoms with Crippen molar-refractivity contribution in [3.8, 4) is 0 Å². The van der Waals surface area contributed by atoms with Crippen LogP contribution in [0.3, 0.4) is 0 Å². The highest BCUT2D eigenvalue weighted by Crippen LogP contribution is 2.24. The lowest BCUT2D eigenvalue weighted by molar-refractivity contribution is -0.123. The van der Waals surface area contributed by atoms with E-state index >= 15 is 0 Å². The lowest BCUT2D eigenvalue weighted by Gasteiger charge is -2.33. The molecule has 104 valence electrons. The second-order valence-corrected chi connectivity index (χ2v) is 4.56. The molecular formula is C13H17F2N3O. The molecule has 0 bridgehead atoms. The van der Waals surface area contributed by atoms with Crippen LogP contribution in [0.2, 0.25) is 0 Å². The number of amides is 1. The zero-order valence-corrected chi connectivity index (χ0v) is 10.5. The lowest BCUT2D eigenvalue weighted by Crippen LogP contribution is -2.48. The van der Waals surface area contributed by atoms with Crippen LogP contribution in [0.25, 0.3) is 0 Å². The van der Waals surface area contributed by atoms with Crippen molar-refractivity contribution in [1.29, 1.82) is 0 Å². The molecule has 2 rings (SSSR count). The van der Waals surface area contributed by atoms with Crippen LogP contribution in [0.1, 0.15) is 23.6 Å². The molecule has 1 aromatic rings. The molecule has 1 saturated heterocycles. The van der Waals surface area contributed by atoms with Gasteiger partial charge in [-0.25, -0.2) is 8.78 Å². The molecule has 1 unspecified atom stereocenters. The highest BCUT2D eigenvalue weighted by molar-refractivity contribution is 5.81. The van der Waals surface area contributed by atoms with E-state index in [1.807, 2.05) is 4.90 Å². The molecule has 1 aliphatic rings. The maximum atomic E-state index is 12.5. The molecule has 1 atom stereocenters. The minimum Gasteiger partial charge on any atom is -0.368 e. The fraction of sp³-hybridized carbons (Fsp3) is 0.462. The predicted octanol–water partition coefficient (Wildman–Crippen LogP) is 1.06. The largest absolute Gasteiger partial charge is 0.368 e. The van der Waals surface area contributed by atoms with Crippen LogP contribution in [-0.2, 0) is 4.79 Å². The zero-order chi connectivity index (χ0) is 13.8. The Bertz CT molecular complexity index is 430. The van der Waals surface area contributed by atoms with Crippen molar-refractivity contribution >= 4 is 5.91 Å². The van der Waals surface area contributed by atoms with Gasteiger partial charge in [0.1, 0.15) is 6.04 Å². The Kier molecular flexibility index (Phi) is 4.44. The van der Waals surface area contributed by atoms with Gasteiger partial charge in [-0.2, -0.15) is 0 Å². The fourth-order valence-corrected chi connectivity index (χ4v) is 2.32. The number of halogens is 2. The normalized spacial score (nSPS) is 18.5. The van der Waals surface area contributed by atoms with Gasteiger partial charge in [-0.3, -0.25) is 9.69 Å². The van der Waals surface area contributed by atoms with Gasteiger partial charge in [-0.15, -0.1) is 0 Å². The number of nitrogens with one attached hydrogen (secondary N) is 1. The maximum absolute atomic E-state index is 12.5. The van der Waals surface area contributed by atoms with Crippen molar-refractivity contribution in [2.45, 2.75) is 12.5 Å². The second-order valence-electron chi connectivity index (χ2n) is 4.56. The molecule has 0 saturated carbocycles. The molecule has 1 amide bonds. The Hall–Kier alpha value is -1.53. The van der Waals surface area contributed by atoms with Crippen LogP contribution < -0.4 is 11.1 Å². The first-order valence-corrected chi connectivity index (χ1v) is 6.21. The molecule has 1 aromatic carbocycles. The minimum absolute atomic E-state index is 0.0488. The summed E-state index contributed by atoms with van der Waals surface area (Å²) < 4.78 is 25.0. The van der Waals surface area contributed by atoms with E-state index in [4.69, 9.17) is 5.73 Å². The van der Waals surface area contributed by atoms with E-state index in [0.717, 1.165) is 13.1 Å². The van der Waals surface area contributed by atoms with E-state index in [9.17, 15) is 13.6 Å². The monoisotopic (exact) mass is 269 g/mol. The SMILES string of the molecule is NC(=O)C(c1ccc(C(F)F)cc1)N1CCNCC1. The summed E-state index contributed by atoms with van der Waals surface area (Å²) in [6.07, 6.45) is -2.50. The van der Waals surface area contributed by atoms with Crippen molar-refractivity contribution in [2.24, 2.45) is 5.73 Å². The number of rotatable bonds is 4. The average molecular weight is 269 g/mol. The summed E-state index contributed by atoms with van der Waals surface area (Å²) in [6.45, 7) is 3.01. The van der Waals surface area contributed by atoms with E-state index in [-0.39, 0.29) is 5.56 Å². The van der Waals surface area contributed by atoms with E-state index in [0.29, 0.717) is 18.7 Å². The van der Waals surface area contributed by atoms with E-state index < -0.39 is 18.4 Å². The van der Waals surface area contributed by atoms with Crippen LogP contribution >= 0.6 is 0 Å². The third kappa shape index (κ3) is 3.27. The summed E-state index contributed by atoms with van der Waals surface area (Å²) in [5.41, 5.74) is 6.07. The molecule has 0 aliphatic carbocycles. The average Bonchev–Trinajstić information content (AvgIpc) is 2.40. The Morgan fingerprint density at radius 2 is 1.68 bits per heavy atom. The highest BCUT2D eigenvalue weighted by atomic mass is 19.3. The summed E-state index contributed by atoms with van der Waals surface area (Å²) in [4.78, 5) is 13.6. The van der Waals surface area contributed by atoms with E-state index in [2.05, 4.69) is 5.32 Å². The van der Waals surface area contributed by atoms with Crippen LogP contribution in [0.4, 0.5) is 8.78 Å². The Balaban J connectivity index is 2.20. The van der Waals surface area contributed by atoms with Crippen molar-refractivity contribution in [3.05, 3.63) is 35.4 Å². The molecule has 1 aliphatic heterocycles. The van der Waals surface area contributed by atoms with E-state index in [1.54, 1.807) is 12.1 Å². The lowest BCUT2D eigenvalue weighted by atomic mass is 10.0. The molecule has 0 spiro atoms. The third-order valence-corrected chi connectivity index (χ3v) is 3.29. The Morgan fingerprint density at radius 1 is 1.16 bits per heavy atom. The van der Waals surface area contributed by atoms with Crippen LogP contribution in [0, 0.1) is 0 Å². The second kappa shape index (κ2) is 6.08. The van der Waals surface area contributed by atoms with Gasteiger partial charge >= 0.3 is 0 Å². The van der Waals surface area contributed by atoms with Gasteiger partial charge in [-0.1, -0.05) is 24.3 Å². The van der Waals surface area contributed by atoms with E-state index in [1.165, 1.54) is 12.1 Å². The number of hydrogen-bond donors (Lipinski definition) is 2. The number of primary amides is 1. The van der Waals surface area contributed by atoms with Gasteiger partial charge in [0.25, 0.3) is 6.43 Å². The van der Waals surface area contributed by atoms with Crippen LogP contribution in [-0.4, -0.2) is 37.0 Å². The van der Waals surface area contributed by atoms with Crippen molar-refractivity contribution < 1.29 is 13.6 Å². The van der Waals surface area contributed by atoms with Gasteiger partial charge in [0, 0.05) is 31.7 Å².